The molecule has 0 fully saturated rings. The lowest BCUT2D eigenvalue weighted by atomic mass is 10.2. The molecule has 1 amide bonds. The summed E-state index contributed by atoms with van der Waals surface area (Å²) >= 11 is 0. The number of nitrogens with one attached hydrogen (secondary N) is 1. The van der Waals surface area contributed by atoms with E-state index in [0.717, 1.165) is 11.3 Å². The fourth-order valence-corrected chi connectivity index (χ4v) is 2.50. The SMILES string of the molecule is Cc1ccnc2nc(C(=O)Nc3ccnn3Cc3ccccc3)nn12. The highest BCUT2D eigenvalue weighted by molar-refractivity contribution is 6.01. The van der Waals surface area contributed by atoms with Crippen molar-refractivity contribution >= 4 is 17.5 Å². The van der Waals surface area contributed by atoms with Crippen LogP contribution in [0.5, 0.6) is 0 Å². The molecule has 8 heteroatoms. The number of carbonyl (C=O) groups is 1. The van der Waals surface area contributed by atoms with Gasteiger partial charge < -0.3 is 5.32 Å². The molecule has 1 N–H and O–H groups in total. The van der Waals surface area contributed by atoms with Crippen LogP contribution in [0, 0.1) is 6.92 Å². The van der Waals surface area contributed by atoms with E-state index in [1.165, 1.54) is 4.52 Å². The third kappa shape index (κ3) is 2.97. The Balaban J connectivity index is 1.57. The van der Waals surface area contributed by atoms with Crippen molar-refractivity contribution in [1.29, 1.82) is 0 Å². The molecule has 0 bridgehead atoms. The van der Waals surface area contributed by atoms with Crippen molar-refractivity contribution in [2.75, 3.05) is 5.32 Å². The number of fused-ring (bicyclic) bond motifs is 1. The Kier molecular flexibility index (Phi) is 3.70. The van der Waals surface area contributed by atoms with Crippen molar-refractivity contribution in [1.82, 2.24) is 29.4 Å². The van der Waals surface area contributed by atoms with Gasteiger partial charge in [-0.25, -0.2) is 14.2 Å². The van der Waals surface area contributed by atoms with E-state index in [0.29, 0.717) is 18.1 Å². The van der Waals surface area contributed by atoms with Gasteiger partial charge in [-0.2, -0.15) is 10.1 Å². The van der Waals surface area contributed by atoms with Gasteiger partial charge in [-0.05, 0) is 18.6 Å². The lowest BCUT2D eigenvalue weighted by Gasteiger charge is -2.07. The first-order valence-electron chi connectivity index (χ1n) is 7.76. The molecule has 8 nitrogen and oxygen atoms in total. The lowest BCUT2D eigenvalue weighted by molar-refractivity contribution is 0.101. The molecular formula is C17H15N7O. The van der Waals surface area contributed by atoms with Crippen molar-refractivity contribution < 1.29 is 4.79 Å². The van der Waals surface area contributed by atoms with Crippen molar-refractivity contribution in [3.05, 3.63) is 71.9 Å². The predicted molar refractivity (Wildman–Crippen MR) is 91.2 cm³/mol. The van der Waals surface area contributed by atoms with E-state index in [9.17, 15) is 4.79 Å². The molecular weight excluding hydrogens is 318 g/mol. The molecule has 0 aliphatic rings. The summed E-state index contributed by atoms with van der Waals surface area (Å²) in [4.78, 5) is 20.8. The van der Waals surface area contributed by atoms with Gasteiger partial charge in [-0.1, -0.05) is 30.3 Å². The molecule has 0 spiro atoms. The Morgan fingerprint density at radius 2 is 1.96 bits per heavy atom. The number of aryl methyl sites for hydroxylation is 1. The maximum absolute atomic E-state index is 12.5. The van der Waals surface area contributed by atoms with Gasteiger partial charge in [0.05, 0.1) is 12.7 Å². The van der Waals surface area contributed by atoms with E-state index in [2.05, 4.69) is 25.5 Å². The standard InChI is InChI=1S/C17H15N7O/c1-12-7-9-18-17-21-15(22-24(12)17)16(25)20-14-8-10-19-23(14)11-13-5-3-2-4-6-13/h2-10H,11H2,1H3,(H,20,25). The van der Waals surface area contributed by atoms with E-state index >= 15 is 0 Å². The zero-order valence-corrected chi connectivity index (χ0v) is 13.5. The quantitative estimate of drug-likeness (QED) is 0.616. The third-order valence-electron chi connectivity index (χ3n) is 3.77. The zero-order valence-electron chi connectivity index (χ0n) is 13.5. The molecule has 0 saturated heterocycles. The van der Waals surface area contributed by atoms with E-state index in [-0.39, 0.29) is 5.82 Å². The van der Waals surface area contributed by atoms with Crippen LogP contribution >= 0.6 is 0 Å². The van der Waals surface area contributed by atoms with Crippen LogP contribution in [-0.2, 0) is 6.54 Å². The minimum atomic E-state index is -0.403. The van der Waals surface area contributed by atoms with Crippen LogP contribution in [0.2, 0.25) is 0 Å². The topological polar surface area (TPSA) is 90.0 Å². The van der Waals surface area contributed by atoms with Crippen molar-refractivity contribution in [2.24, 2.45) is 0 Å². The highest BCUT2D eigenvalue weighted by atomic mass is 16.2. The maximum atomic E-state index is 12.5. The Morgan fingerprint density at radius 3 is 2.76 bits per heavy atom. The van der Waals surface area contributed by atoms with Crippen molar-refractivity contribution in [2.45, 2.75) is 13.5 Å². The van der Waals surface area contributed by atoms with Gasteiger partial charge in [-0.3, -0.25) is 4.79 Å². The largest absolute Gasteiger partial charge is 0.304 e. The molecule has 0 unspecified atom stereocenters. The minimum absolute atomic E-state index is 0.0641. The molecule has 1 aromatic carbocycles. The second kappa shape index (κ2) is 6.16. The van der Waals surface area contributed by atoms with Crippen LogP contribution < -0.4 is 5.32 Å². The summed E-state index contributed by atoms with van der Waals surface area (Å²) in [7, 11) is 0. The van der Waals surface area contributed by atoms with Crippen molar-refractivity contribution in [3.63, 3.8) is 0 Å². The number of nitrogens with zero attached hydrogens (tertiary/aromatic N) is 6. The van der Waals surface area contributed by atoms with Crippen LogP contribution in [-0.4, -0.2) is 35.3 Å². The molecule has 25 heavy (non-hydrogen) atoms. The average molecular weight is 333 g/mol. The summed E-state index contributed by atoms with van der Waals surface area (Å²) in [5.41, 5.74) is 1.94. The highest BCUT2D eigenvalue weighted by Gasteiger charge is 2.16. The molecule has 0 aliphatic heterocycles. The third-order valence-corrected chi connectivity index (χ3v) is 3.77. The van der Waals surface area contributed by atoms with Crippen LogP contribution in [0.25, 0.3) is 5.78 Å². The second-order valence-electron chi connectivity index (χ2n) is 5.55. The van der Waals surface area contributed by atoms with Crippen LogP contribution in [0.1, 0.15) is 21.9 Å². The Bertz CT molecular complexity index is 1040. The molecule has 0 aliphatic carbocycles. The molecule has 4 rings (SSSR count). The van der Waals surface area contributed by atoms with E-state index in [4.69, 9.17) is 0 Å². The first-order valence-corrected chi connectivity index (χ1v) is 7.76. The number of aromatic nitrogens is 6. The summed E-state index contributed by atoms with van der Waals surface area (Å²) in [6, 6.07) is 13.4. The van der Waals surface area contributed by atoms with E-state index in [1.54, 1.807) is 29.2 Å². The first-order chi connectivity index (χ1) is 12.2. The fourth-order valence-electron chi connectivity index (χ4n) is 2.50. The first kappa shape index (κ1) is 15.0. The summed E-state index contributed by atoms with van der Waals surface area (Å²) in [6.07, 6.45) is 3.28. The predicted octanol–water partition coefficient (Wildman–Crippen LogP) is 1.93. The normalized spacial score (nSPS) is 10.9. The summed E-state index contributed by atoms with van der Waals surface area (Å²) < 4.78 is 3.25. The van der Waals surface area contributed by atoms with E-state index < -0.39 is 5.91 Å². The molecule has 3 aromatic heterocycles. The number of rotatable bonds is 4. The lowest BCUT2D eigenvalue weighted by Crippen LogP contribution is -2.17. The number of benzene rings is 1. The Hall–Kier alpha value is -3.55. The Labute approximate surface area is 143 Å². The monoisotopic (exact) mass is 333 g/mol. The molecule has 4 aromatic rings. The fraction of sp³-hybridized carbons (Fsp3) is 0.118. The van der Waals surface area contributed by atoms with Gasteiger partial charge in [0.25, 0.3) is 11.7 Å². The molecule has 124 valence electrons. The minimum Gasteiger partial charge on any atom is -0.304 e. The van der Waals surface area contributed by atoms with E-state index in [1.807, 2.05) is 37.3 Å². The number of anilines is 1. The molecule has 0 radical (unpaired) electrons. The summed E-state index contributed by atoms with van der Waals surface area (Å²) in [6.45, 7) is 2.43. The number of hydrogen-bond donors (Lipinski definition) is 1. The number of carbonyl (C=O) groups excluding carboxylic acids is 1. The number of hydrogen-bond acceptors (Lipinski definition) is 5. The van der Waals surface area contributed by atoms with Gasteiger partial charge in [0.1, 0.15) is 5.82 Å². The van der Waals surface area contributed by atoms with Gasteiger partial charge in [0.2, 0.25) is 5.82 Å². The summed E-state index contributed by atoms with van der Waals surface area (Å²) in [5, 5.41) is 11.3. The highest BCUT2D eigenvalue weighted by Crippen LogP contribution is 2.11. The smallest absolute Gasteiger partial charge is 0.296 e. The van der Waals surface area contributed by atoms with Crippen LogP contribution in [0.15, 0.2) is 54.9 Å². The zero-order chi connectivity index (χ0) is 17.2. The average Bonchev–Trinajstić information content (AvgIpc) is 3.24. The second-order valence-corrected chi connectivity index (χ2v) is 5.55. The van der Waals surface area contributed by atoms with Crippen LogP contribution in [0.3, 0.4) is 0 Å². The molecule has 0 atom stereocenters. The summed E-state index contributed by atoms with van der Waals surface area (Å²) in [5.74, 6) is 0.634. The van der Waals surface area contributed by atoms with Crippen molar-refractivity contribution in [3.8, 4) is 0 Å². The maximum Gasteiger partial charge on any atom is 0.296 e. The van der Waals surface area contributed by atoms with Gasteiger partial charge in [-0.15, -0.1) is 5.10 Å². The Morgan fingerprint density at radius 1 is 1.12 bits per heavy atom. The molecule has 3 heterocycles. The van der Waals surface area contributed by atoms with Gasteiger partial charge in [0, 0.05) is 18.0 Å². The molecule has 0 saturated carbocycles. The number of amides is 1. The van der Waals surface area contributed by atoms with Crippen LogP contribution in [0.4, 0.5) is 5.82 Å². The van der Waals surface area contributed by atoms with Gasteiger partial charge in [0.15, 0.2) is 0 Å². The van der Waals surface area contributed by atoms with Gasteiger partial charge >= 0.3 is 0 Å².